The largest absolute Gasteiger partial charge is 0.497 e. The molecule has 1 heterocycles. The predicted molar refractivity (Wildman–Crippen MR) is 123 cm³/mol. The van der Waals surface area contributed by atoms with Crippen LogP contribution in [0.25, 0.3) is 11.1 Å². The number of rotatable bonds is 7. The number of carbonyl (C=O) groups excluding carboxylic acids is 1. The molecule has 1 aromatic heterocycles. The van der Waals surface area contributed by atoms with E-state index in [0.29, 0.717) is 33.2 Å². The van der Waals surface area contributed by atoms with Gasteiger partial charge in [0.2, 0.25) is 0 Å². The zero-order valence-corrected chi connectivity index (χ0v) is 18.8. The van der Waals surface area contributed by atoms with Gasteiger partial charge in [-0.1, -0.05) is 35.5 Å². The molecule has 0 radical (unpaired) electrons. The lowest BCUT2D eigenvalue weighted by atomic mass is 9.97. The highest BCUT2D eigenvalue weighted by molar-refractivity contribution is 8.00. The first-order chi connectivity index (χ1) is 15.4. The van der Waals surface area contributed by atoms with Crippen molar-refractivity contribution in [1.29, 1.82) is 10.5 Å². The van der Waals surface area contributed by atoms with Crippen molar-refractivity contribution in [3.8, 4) is 34.8 Å². The van der Waals surface area contributed by atoms with E-state index in [1.165, 1.54) is 14.2 Å². The Morgan fingerprint density at radius 2 is 1.88 bits per heavy atom. The molecule has 3 aromatic rings. The number of carbonyl (C=O) groups is 1. The number of benzene rings is 2. The van der Waals surface area contributed by atoms with E-state index in [0.717, 1.165) is 11.8 Å². The molecule has 0 bridgehead atoms. The van der Waals surface area contributed by atoms with Crippen LogP contribution >= 0.6 is 23.4 Å². The Balaban J connectivity index is 2.00. The molecular formula is C23H17ClN4O3S. The molecule has 2 N–H and O–H groups in total. The third kappa shape index (κ3) is 4.62. The quantitative estimate of drug-likeness (QED) is 0.393. The van der Waals surface area contributed by atoms with Crippen molar-refractivity contribution in [2.75, 3.05) is 25.7 Å². The molecule has 0 spiro atoms. The Hall–Kier alpha value is -3.72. The van der Waals surface area contributed by atoms with Crippen molar-refractivity contribution in [2.45, 2.75) is 5.03 Å². The summed E-state index contributed by atoms with van der Waals surface area (Å²) in [6.07, 6.45) is 0. The van der Waals surface area contributed by atoms with Gasteiger partial charge in [-0.15, -0.1) is 0 Å². The Bertz CT molecular complexity index is 1280. The maximum atomic E-state index is 12.9. The molecule has 0 aliphatic heterocycles. The normalized spacial score (nSPS) is 10.2. The van der Waals surface area contributed by atoms with Crippen molar-refractivity contribution in [3.63, 3.8) is 0 Å². The molecule has 160 valence electrons. The topological polar surface area (TPSA) is 122 Å². The number of nitriles is 2. The number of aromatic nitrogens is 1. The molecule has 7 nitrogen and oxygen atoms in total. The Kier molecular flexibility index (Phi) is 7.21. The highest BCUT2D eigenvalue weighted by atomic mass is 35.5. The molecule has 0 amide bonds. The number of nitrogen functional groups attached to an aromatic ring is 1. The van der Waals surface area contributed by atoms with Crippen LogP contribution in [0.3, 0.4) is 0 Å². The molecule has 0 fully saturated rings. The van der Waals surface area contributed by atoms with E-state index in [4.69, 9.17) is 26.8 Å². The number of pyridine rings is 1. The summed E-state index contributed by atoms with van der Waals surface area (Å²) in [5.74, 6) is 0.656. The number of halogens is 1. The third-order valence-corrected chi connectivity index (χ3v) is 5.79. The van der Waals surface area contributed by atoms with Gasteiger partial charge in [-0.25, -0.2) is 4.98 Å². The van der Waals surface area contributed by atoms with Gasteiger partial charge in [0.05, 0.1) is 31.1 Å². The molecular weight excluding hydrogens is 448 g/mol. The minimum absolute atomic E-state index is 0.0231. The van der Waals surface area contributed by atoms with Gasteiger partial charge in [0.1, 0.15) is 40.0 Å². The van der Waals surface area contributed by atoms with Crippen LogP contribution < -0.4 is 15.2 Å². The predicted octanol–water partition coefficient (Wildman–Crippen LogP) is 4.72. The van der Waals surface area contributed by atoms with Crippen molar-refractivity contribution >= 4 is 35.0 Å². The SMILES string of the molecule is COc1ccc(C(=O)CSc2nc(N)c(C#N)c(-c3cccc(Cl)c3)c2C#N)c(OC)c1. The average molecular weight is 465 g/mol. The van der Waals surface area contributed by atoms with Crippen molar-refractivity contribution in [2.24, 2.45) is 0 Å². The van der Waals surface area contributed by atoms with E-state index in [1.807, 2.05) is 6.07 Å². The minimum Gasteiger partial charge on any atom is -0.497 e. The maximum Gasteiger partial charge on any atom is 0.176 e. The van der Waals surface area contributed by atoms with Gasteiger partial charge in [0.25, 0.3) is 0 Å². The number of hydrogen-bond donors (Lipinski definition) is 1. The standard InChI is InChI=1S/C23H17ClN4O3S/c1-30-15-6-7-16(20(9-15)31-2)19(29)12-32-23-18(11-26)21(17(10-25)22(27)28-23)13-4-3-5-14(24)8-13/h3-9H,12H2,1-2H3,(H2,27,28). The third-order valence-electron chi connectivity index (χ3n) is 4.58. The van der Waals surface area contributed by atoms with Gasteiger partial charge in [-0.3, -0.25) is 4.79 Å². The highest BCUT2D eigenvalue weighted by Gasteiger charge is 2.22. The van der Waals surface area contributed by atoms with Gasteiger partial charge in [-0.05, 0) is 29.8 Å². The lowest BCUT2D eigenvalue weighted by Gasteiger charge is -2.13. The molecule has 0 saturated heterocycles. The first kappa shape index (κ1) is 23.0. The molecule has 32 heavy (non-hydrogen) atoms. The number of Topliss-reactive ketones (excluding diaryl/α,β-unsaturated/α-hetero) is 1. The number of ether oxygens (including phenoxy) is 2. The Labute approximate surface area is 194 Å². The van der Waals surface area contributed by atoms with Gasteiger partial charge >= 0.3 is 0 Å². The molecule has 0 aliphatic carbocycles. The zero-order valence-electron chi connectivity index (χ0n) is 17.2. The summed E-state index contributed by atoms with van der Waals surface area (Å²) in [5.41, 5.74) is 7.52. The lowest BCUT2D eigenvalue weighted by molar-refractivity contribution is 0.101. The lowest BCUT2D eigenvalue weighted by Crippen LogP contribution is -2.08. The van der Waals surface area contributed by atoms with Crippen molar-refractivity contribution in [1.82, 2.24) is 4.98 Å². The summed E-state index contributed by atoms with van der Waals surface area (Å²) in [7, 11) is 2.99. The van der Waals surface area contributed by atoms with Gasteiger partial charge in [0, 0.05) is 16.7 Å². The van der Waals surface area contributed by atoms with E-state index in [9.17, 15) is 15.3 Å². The summed E-state index contributed by atoms with van der Waals surface area (Å²) < 4.78 is 10.5. The summed E-state index contributed by atoms with van der Waals surface area (Å²) in [6, 6.07) is 15.8. The Morgan fingerprint density at radius 1 is 1.12 bits per heavy atom. The first-order valence-electron chi connectivity index (χ1n) is 9.21. The molecule has 0 unspecified atom stereocenters. The van der Waals surface area contributed by atoms with Crippen LogP contribution in [0.4, 0.5) is 5.82 Å². The van der Waals surface area contributed by atoms with E-state index in [2.05, 4.69) is 11.1 Å². The Morgan fingerprint density at radius 3 is 2.50 bits per heavy atom. The summed E-state index contributed by atoms with van der Waals surface area (Å²) >= 11 is 7.16. The summed E-state index contributed by atoms with van der Waals surface area (Å²) in [6.45, 7) is 0. The number of hydrogen-bond acceptors (Lipinski definition) is 8. The van der Waals surface area contributed by atoms with Crippen LogP contribution in [0.15, 0.2) is 47.5 Å². The molecule has 0 saturated carbocycles. The zero-order chi connectivity index (χ0) is 23.3. The molecule has 9 heteroatoms. The van der Waals surface area contributed by atoms with Crippen LogP contribution in [-0.4, -0.2) is 30.7 Å². The smallest absolute Gasteiger partial charge is 0.176 e. The summed E-state index contributed by atoms with van der Waals surface area (Å²) in [4.78, 5) is 17.1. The van der Waals surface area contributed by atoms with Crippen LogP contribution in [0.1, 0.15) is 21.5 Å². The van der Waals surface area contributed by atoms with Gasteiger partial charge in [0.15, 0.2) is 5.78 Å². The van der Waals surface area contributed by atoms with Crippen LogP contribution in [-0.2, 0) is 0 Å². The van der Waals surface area contributed by atoms with Gasteiger partial charge < -0.3 is 15.2 Å². The second-order valence-electron chi connectivity index (χ2n) is 6.44. The van der Waals surface area contributed by atoms with E-state index in [-0.39, 0.29) is 33.5 Å². The molecule has 2 aromatic carbocycles. The maximum absolute atomic E-state index is 12.9. The average Bonchev–Trinajstić information content (AvgIpc) is 2.81. The van der Waals surface area contributed by atoms with Crippen LogP contribution in [0.5, 0.6) is 11.5 Å². The van der Waals surface area contributed by atoms with Crippen LogP contribution in [0.2, 0.25) is 5.02 Å². The number of thioether (sulfide) groups is 1. The molecule has 3 rings (SSSR count). The fourth-order valence-corrected chi connectivity index (χ4v) is 4.14. The number of anilines is 1. The monoisotopic (exact) mass is 464 g/mol. The fourth-order valence-electron chi connectivity index (χ4n) is 3.08. The van der Waals surface area contributed by atoms with E-state index in [1.54, 1.807) is 42.5 Å². The fraction of sp³-hybridized carbons (Fsp3) is 0.130. The highest BCUT2D eigenvalue weighted by Crippen LogP contribution is 2.37. The molecule has 0 atom stereocenters. The number of ketones is 1. The second kappa shape index (κ2) is 10.1. The van der Waals surface area contributed by atoms with E-state index >= 15 is 0 Å². The summed E-state index contributed by atoms with van der Waals surface area (Å²) in [5, 5.41) is 20.2. The molecule has 0 aliphatic rings. The number of methoxy groups -OCH3 is 2. The second-order valence-corrected chi connectivity index (χ2v) is 7.84. The first-order valence-corrected chi connectivity index (χ1v) is 10.6. The number of nitrogens with zero attached hydrogens (tertiary/aromatic N) is 3. The van der Waals surface area contributed by atoms with Crippen LogP contribution in [0, 0.1) is 22.7 Å². The van der Waals surface area contributed by atoms with E-state index < -0.39 is 0 Å². The minimum atomic E-state index is -0.229. The van der Waals surface area contributed by atoms with Crippen molar-refractivity contribution in [3.05, 3.63) is 64.2 Å². The number of nitrogens with two attached hydrogens (primary N) is 1. The van der Waals surface area contributed by atoms with Gasteiger partial charge in [-0.2, -0.15) is 10.5 Å². The van der Waals surface area contributed by atoms with Crippen molar-refractivity contribution < 1.29 is 14.3 Å².